The Morgan fingerprint density at radius 2 is 1.67 bits per heavy atom. The minimum absolute atomic E-state index is 0.0000581. The van der Waals surface area contributed by atoms with E-state index in [0.717, 1.165) is 5.69 Å². The van der Waals surface area contributed by atoms with E-state index in [9.17, 15) is 13.5 Å². The summed E-state index contributed by atoms with van der Waals surface area (Å²) in [6, 6.07) is 23.1. The number of halogens is 1. The molecule has 1 aliphatic heterocycles. The Kier molecular flexibility index (Phi) is 5.61. The normalized spacial score (nSPS) is 20.6. The van der Waals surface area contributed by atoms with Gasteiger partial charge in [-0.05, 0) is 36.4 Å². The van der Waals surface area contributed by atoms with Gasteiger partial charge >= 0.3 is 0 Å². The molecule has 9 heteroatoms. The monoisotopic (exact) mass is 459 g/mol. The number of nitrogens with two attached hydrogens (primary N) is 1. The smallest absolute Gasteiger partial charge is 0.239 e. The van der Waals surface area contributed by atoms with Crippen LogP contribution >= 0.6 is 23.4 Å². The summed E-state index contributed by atoms with van der Waals surface area (Å²) >= 11 is 7.41. The third-order valence-electron chi connectivity index (χ3n) is 4.66. The van der Waals surface area contributed by atoms with Crippen molar-refractivity contribution in [3.8, 4) is 0 Å². The van der Waals surface area contributed by atoms with E-state index in [2.05, 4.69) is 0 Å². The molecule has 0 bridgehead atoms. The number of aliphatic imine (C=N–C) groups is 1. The molecule has 6 nitrogen and oxygen atoms in total. The van der Waals surface area contributed by atoms with Crippen LogP contribution in [-0.2, 0) is 15.7 Å². The van der Waals surface area contributed by atoms with Crippen LogP contribution in [0.15, 0.2) is 88.8 Å². The molecule has 0 radical (unpaired) electrons. The van der Waals surface area contributed by atoms with E-state index < -0.39 is 15.7 Å². The van der Waals surface area contributed by atoms with Crippen molar-refractivity contribution >= 4 is 49.9 Å². The average molecular weight is 460 g/mol. The lowest BCUT2D eigenvalue weighted by Crippen LogP contribution is -2.45. The zero-order valence-corrected chi connectivity index (χ0v) is 18.0. The van der Waals surface area contributed by atoms with E-state index in [0.29, 0.717) is 16.4 Å². The first-order valence-corrected chi connectivity index (χ1v) is 11.9. The van der Waals surface area contributed by atoms with Gasteiger partial charge < -0.3 is 5.11 Å². The zero-order chi connectivity index (χ0) is 21.4. The number of aliphatic hydroxyl groups is 1. The van der Waals surface area contributed by atoms with E-state index in [1.165, 1.54) is 23.9 Å². The zero-order valence-electron chi connectivity index (χ0n) is 15.6. The number of hydrogen-bond donors (Lipinski definition) is 2. The first-order chi connectivity index (χ1) is 14.3. The molecule has 1 heterocycles. The van der Waals surface area contributed by atoms with Crippen LogP contribution in [0.25, 0.3) is 0 Å². The molecule has 30 heavy (non-hydrogen) atoms. The average Bonchev–Trinajstić information content (AvgIpc) is 3.06. The van der Waals surface area contributed by atoms with Crippen LogP contribution in [-0.4, -0.2) is 24.4 Å². The molecule has 0 aliphatic carbocycles. The fourth-order valence-electron chi connectivity index (χ4n) is 3.23. The molecule has 154 valence electrons. The molecule has 1 saturated heterocycles. The standard InChI is InChI=1S/C21H18ClN3O3S2/c22-18-12-11-15(13-19(18)30(23,27)28)21(26)14-29-20(24-16-7-3-1-4-8-16)25(21)17-9-5-2-6-10-17/h1-13,26H,14H2,(H2,23,27,28). The van der Waals surface area contributed by atoms with E-state index in [1.807, 2.05) is 60.7 Å². The summed E-state index contributed by atoms with van der Waals surface area (Å²) in [4.78, 5) is 6.16. The minimum Gasteiger partial charge on any atom is -0.366 e. The van der Waals surface area contributed by atoms with Gasteiger partial charge in [-0.2, -0.15) is 0 Å². The number of thioether (sulfide) groups is 1. The van der Waals surface area contributed by atoms with E-state index >= 15 is 0 Å². The van der Waals surface area contributed by atoms with Gasteiger partial charge in [0.2, 0.25) is 10.0 Å². The Bertz CT molecular complexity index is 1200. The van der Waals surface area contributed by atoms with E-state index in [4.69, 9.17) is 21.7 Å². The fourth-order valence-corrected chi connectivity index (χ4v) is 5.48. The molecule has 3 N–H and O–H groups in total. The van der Waals surface area contributed by atoms with Crippen molar-refractivity contribution in [2.24, 2.45) is 10.1 Å². The van der Waals surface area contributed by atoms with Crippen molar-refractivity contribution in [2.45, 2.75) is 10.6 Å². The largest absolute Gasteiger partial charge is 0.366 e. The van der Waals surface area contributed by atoms with Crippen molar-refractivity contribution in [1.82, 2.24) is 0 Å². The topological polar surface area (TPSA) is 96.0 Å². The number of para-hydroxylation sites is 2. The maximum atomic E-state index is 12.0. The second kappa shape index (κ2) is 8.05. The van der Waals surface area contributed by atoms with Gasteiger partial charge in [0.15, 0.2) is 10.9 Å². The highest BCUT2D eigenvalue weighted by molar-refractivity contribution is 8.14. The Balaban J connectivity index is 1.87. The molecule has 1 atom stereocenters. The van der Waals surface area contributed by atoms with Gasteiger partial charge in [0.1, 0.15) is 4.90 Å². The van der Waals surface area contributed by atoms with Gasteiger partial charge in [0.05, 0.1) is 16.5 Å². The van der Waals surface area contributed by atoms with E-state index in [1.54, 1.807) is 11.0 Å². The summed E-state index contributed by atoms with van der Waals surface area (Å²) in [5, 5.41) is 17.6. The summed E-state index contributed by atoms with van der Waals surface area (Å²) in [6.45, 7) is 0. The first-order valence-electron chi connectivity index (χ1n) is 8.96. The maximum absolute atomic E-state index is 12.0. The third-order valence-corrected chi connectivity index (χ3v) is 7.13. The molecule has 0 saturated carbocycles. The second-order valence-corrected chi connectivity index (χ2v) is 9.58. The molecule has 1 fully saturated rings. The quantitative estimate of drug-likeness (QED) is 0.613. The fraction of sp³-hybridized carbons (Fsp3) is 0.0952. The Morgan fingerprint density at radius 1 is 1.03 bits per heavy atom. The number of rotatable bonds is 4. The molecule has 3 aromatic rings. The number of amidine groups is 1. The van der Waals surface area contributed by atoms with Crippen molar-refractivity contribution in [1.29, 1.82) is 0 Å². The molecule has 0 amide bonds. The van der Waals surface area contributed by atoms with Crippen LogP contribution in [0.3, 0.4) is 0 Å². The predicted octanol–water partition coefficient (Wildman–Crippen LogP) is 4.07. The second-order valence-electron chi connectivity index (χ2n) is 6.70. The van der Waals surface area contributed by atoms with Gasteiger partial charge in [-0.15, -0.1) is 0 Å². The highest BCUT2D eigenvalue weighted by Crippen LogP contribution is 2.44. The van der Waals surface area contributed by atoms with Crippen LogP contribution in [0, 0.1) is 0 Å². The van der Waals surface area contributed by atoms with Crippen LogP contribution in [0.4, 0.5) is 11.4 Å². The number of hydrogen-bond acceptors (Lipinski definition) is 5. The molecule has 1 aliphatic rings. The lowest BCUT2D eigenvalue weighted by atomic mass is 10.0. The van der Waals surface area contributed by atoms with Crippen molar-refractivity contribution < 1.29 is 13.5 Å². The highest BCUT2D eigenvalue weighted by Gasteiger charge is 2.46. The summed E-state index contributed by atoms with van der Waals surface area (Å²) in [5.74, 6) is 0.235. The van der Waals surface area contributed by atoms with Gasteiger partial charge in [0.25, 0.3) is 0 Å². The Hall–Kier alpha value is -2.36. The SMILES string of the molecule is NS(=O)(=O)c1cc(C2(O)CSC(=Nc3ccccc3)N2c2ccccc2)ccc1Cl. The van der Waals surface area contributed by atoms with Gasteiger partial charge in [0, 0.05) is 11.3 Å². The number of primary sulfonamides is 1. The first kappa shape index (κ1) is 20.9. The molecule has 0 aromatic heterocycles. The number of nitrogens with zero attached hydrogens (tertiary/aromatic N) is 2. The number of benzene rings is 3. The predicted molar refractivity (Wildman–Crippen MR) is 122 cm³/mol. The van der Waals surface area contributed by atoms with Crippen molar-refractivity contribution in [2.75, 3.05) is 10.7 Å². The maximum Gasteiger partial charge on any atom is 0.239 e. The summed E-state index contributed by atoms with van der Waals surface area (Å²) in [7, 11) is -4.06. The van der Waals surface area contributed by atoms with Crippen molar-refractivity contribution in [3.63, 3.8) is 0 Å². The summed E-state index contributed by atoms with van der Waals surface area (Å²) in [5.41, 5.74) is 0.257. The number of sulfonamides is 1. The molecular weight excluding hydrogens is 442 g/mol. The Morgan fingerprint density at radius 3 is 2.30 bits per heavy atom. The molecular formula is C21H18ClN3O3S2. The van der Waals surface area contributed by atoms with Gasteiger partial charge in [-0.25, -0.2) is 18.5 Å². The lowest BCUT2D eigenvalue weighted by Gasteiger charge is -2.34. The molecule has 0 spiro atoms. The highest BCUT2D eigenvalue weighted by atomic mass is 35.5. The van der Waals surface area contributed by atoms with Crippen LogP contribution in [0.2, 0.25) is 5.02 Å². The Labute approximate surface area is 184 Å². The molecule has 3 aromatic carbocycles. The summed E-state index contributed by atoms with van der Waals surface area (Å²) in [6.07, 6.45) is 0. The minimum atomic E-state index is -4.06. The van der Waals surface area contributed by atoms with E-state index in [-0.39, 0.29) is 15.7 Å². The van der Waals surface area contributed by atoms with Crippen LogP contribution < -0.4 is 10.0 Å². The molecule has 4 rings (SSSR count). The van der Waals surface area contributed by atoms with Gasteiger partial charge in [-0.3, -0.25) is 4.90 Å². The van der Waals surface area contributed by atoms with Crippen LogP contribution in [0.5, 0.6) is 0 Å². The van der Waals surface area contributed by atoms with Crippen molar-refractivity contribution in [3.05, 3.63) is 89.4 Å². The molecule has 1 unspecified atom stereocenters. The summed E-state index contributed by atoms with van der Waals surface area (Å²) < 4.78 is 23.9. The number of anilines is 1. The lowest BCUT2D eigenvalue weighted by molar-refractivity contribution is 0.0766. The third kappa shape index (κ3) is 3.97. The van der Waals surface area contributed by atoms with Crippen LogP contribution in [0.1, 0.15) is 5.56 Å². The van der Waals surface area contributed by atoms with Gasteiger partial charge in [-0.1, -0.05) is 65.8 Å².